The van der Waals surface area contributed by atoms with Crippen molar-refractivity contribution in [2.45, 2.75) is 52.5 Å². The van der Waals surface area contributed by atoms with Crippen LogP contribution in [-0.2, 0) is 23.9 Å². The van der Waals surface area contributed by atoms with E-state index in [0.29, 0.717) is 19.8 Å². The summed E-state index contributed by atoms with van der Waals surface area (Å²) in [5, 5.41) is 5.67. The normalized spacial score (nSPS) is 20.3. The summed E-state index contributed by atoms with van der Waals surface area (Å²) in [6, 6.07) is 0.0873. The average Bonchev–Trinajstić information content (AvgIpc) is 2.59. The quantitative estimate of drug-likeness (QED) is 0.540. The van der Waals surface area contributed by atoms with Crippen LogP contribution in [0.5, 0.6) is 0 Å². The van der Waals surface area contributed by atoms with Gasteiger partial charge in [-0.3, -0.25) is 14.4 Å². The van der Waals surface area contributed by atoms with Gasteiger partial charge >= 0.3 is 0 Å². The summed E-state index contributed by atoms with van der Waals surface area (Å²) in [4.78, 5) is 35.5. The van der Waals surface area contributed by atoms with E-state index in [2.05, 4.69) is 10.6 Å². The van der Waals surface area contributed by atoms with Crippen molar-refractivity contribution in [1.29, 1.82) is 0 Å². The highest BCUT2D eigenvalue weighted by Gasteiger charge is 2.27. The molecule has 0 atom stereocenters. The number of nitrogens with one attached hydrogen (secondary N) is 2. The molecule has 1 aliphatic carbocycles. The Labute approximate surface area is 150 Å². The van der Waals surface area contributed by atoms with E-state index in [1.54, 1.807) is 0 Å². The van der Waals surface area contributed by atoms with Gasteiger partial charge in [0.2, 0.25) is 11.8 Å². The third kappa shape index (κ3) is 8.97. The van der Waals surface area contributed by atoms with Gasteiger partial charge in [-0.25, -0.2) is 0 Å². The molecular formula is C18H32N2O5. The second kappa shape index (κ2) is 12.0. The SMILES string of the molecule is CCOCCOCC(=O)NC1CCC(C(=O)NCC(=O)C(C)C)CC1. The first-order chi connectivity index (χ1) is 11.9. The largest absolute Gasteiger partial charge is 0.379 e. The highest BCUT2D eigenvalue weighted by atomic mass is 16.5. The molecule has 0 aliphatic heterocycles. The van der Waals surface area contributed by atoms with Gasteiger partial charge in [-0.1, -0.05) is 13.8 Å². The number of hydrogen-bond donors (Lipinski definition) is 2. The molecule has 1 aliphatic rings. The van der Waals surface area contributed by atoms with Crippen molar-refractivity contribution in [3.63, 3.8) is 0 Å². The number of ketones is 1. The van der Waals surface area contributed by atoms with Crippen LogP contribution in [0.1, 0.15) is 46.5 Å². The summed E-state index contributed by atoms with van der Waals surface area (Å²) >= 11 is 0. The third-order valence-electron chi connectivity index (χ3n) is 4.35. The molecule has 0 spiro atoms. The molecule has 0 unspecified atom stereocenters. The Morgan fingerprint density at radius 3 is 2.28 bits per heavy atom. The van der Waals surface area contributed by atoms with Gasteiger partial charge < -0.3 is 20.1 Å². The molecule has 0 saturated heterocycles. The van der Waals surface area contributed by atoms with E-state index in [-0.39, 0.29) is 48.6 Å². The summed E-state index contributed by atoms with van der Waals surface area (Å²) in [5.74, 6) is -0.291. The molecule has 2 N–H and O–H groups in total. The standard InChI is InChI=1S/C18H32N2O5/c1-4-24-9-10-25-12-17(22)20-15-7-5-14(6-8-15)18(23)19-11-16(21)13(2)3/h13-15H,4-12H2,1-3H3,(H,19,23)(H,20,22). The van der Waals surface area contributed by atoms with Crippen molar-refractivity contribution in [2.75, 3.05) is 33.0 Å². The van der Waals surface area contributed by atoms with Crippen LogP contribution in [-0.4, -0.2) is 56.6 Å². The lowest BCUT2D eigenvalue weighted by molar-refractivity contribution is -0.130. The van der Waals surface area contributed by atoms with Gasteiger partial charge in [-0.2, -0.15) is 0 Å². The maximum absolute atomic E-state index is 12.1. The van der Waals surface area contributed by atoms with E-state index in [9.17, 15) is 14.4 Å². The third-order valence-corrected chi connectivity index (χ3v) is 4.35. The van der Waals surface area contributed by atoms with Crippen LogP contribution in [0.4, 0.5) is 0 Å². The lowest BCUT2D eigenvalue weighted by Gasteiger charge is -2.28. The van der Waals surface area contributed by atoms with Crippen LogP contribution in [0, 0.1) is 11.8 Å². The molecule has 1 fully saturated rings. The molecule has 0 bridgehead atoms. The average molecular weight is 356 g/mol. The minimum absolute atomic E-state index is 0.0325. The summed E-state index contributed by atoms with van der Waals surface area (Å²) < 4.78 is 10.4. The van der Waals surface area contributed by atoms with Gasteiger partial charge in [0.15, 0.2) is 5.78 Å². The number of amides is 2. The first kappa shape index (κ1) is 21.6. The molecule has 0 aromatic rings. The fourth-order valence-electron chi connectivity index (χ4n) is 2.72. The highest BCUT2D eigenvalue weighted by molar-refractivity contribution is 5.88. The Balaban J connectivity index is 2.17. The van der Waals surface area contributed by atoms with E-state index >= 15 is 0 Å². The molecule has 0 heterocycles. The lowest BCUT2D eigenvalue weighted by atomic mass is 9.85. The summed E-state index contributed by atoms with van der Waals surface area (Å²) in [5.41, 5.74) is 0. The fourth-order valence-corrected chi connectivity index (χ4v) is 2.72. The van der Waals surface area contributed by atoms with Crippen LogP contribution in [0.25, 0.3) is 0 Å². The van der Waals surface area contributed by atoms with Gasteiger partial charge in [0.25, 0.3) is 0 Å². The Morgan fingerprint density at radius 1 is 1.04 bits per heavy atom. The highest BCUT2D eigenvalue weighted by Crippen LogP contribution is 2.24. The van der Waals surface area contributed by atoms with Crippen molar-refractivity contribution in [1.82, 2.24) is 10.6 Å². The molecule has 1 saturated carbocycles. The van der Waals surface area contributed by atoms with Crippen LogP contribution in [0.2, 0.25) is 0 Å². The first-order valence-corrected chi connectivity index (χ1v) is 9.19. The van der Waals surface area contributed by atoms with Gasteiger partial charge in [-0.05, 0) is 32.6 Å². The fraction of sp³-hybridized carbons (Fsp3) is 0.833. The smallest absolute Gasteiger partial charge is 0.246 e. The van der Waals surface area contributed by atoms with Crippen LogP contribution in [0.3, 0.4) is 0 Å². The van der Waals surface area contributed by atoms with E-state index in [4.69, 9.17) is 9.47 Å². The van der Waals surface area contributed by atoms with Gasteiger partial charge in [0.1, 0.15) is 6.61 Å². The molecule has 2 amide bonds. The van der Waals surface area contributed by atoms with Crippen molar-refractivity contribution in [2.24, 2.45) is 11.8 Å². The zero-order chi connectivity index (χ0) is 18.7. The molecule has 0 radical (unpaired) electrons. The molecule has 144 valence electrons. The molecule has 1 rings (SSSR count). The van der Waals surface area contributed by atoms with Crippen LogP contribution >= 0.6 is 0 Å². The number of rotatable bonds is 11. The number of Topliss-reactive ketones (excluding diaryl/α,β-unsaturated/α-hetero) is 1. The number of carbonyl (C=O) groups excluding carboxylic acids is 3. The Kier molecular flexibility index (Phi) is 10.3. The minimum Gasteiger partial charge on any atom is -0.379 e. The summed E-state index contributed by atoms with van der Waals surface area (Å²) in [6.07, 6.45) is 2.97. The van der Waals surface area contributed by atoms with Crippen LogP contribution < -0.4 is 10.6 Å². The number of carbonyl (C=O) groups is 3. The van der Waals surface area contributed by atoms with Crippen molar-refractivity contribution in [3.8, 4) is 0 Å². The van der Waals surface area contributed by atoms with Gasteiger partial charge in [0.05, 0.1) is 19.8 Å². The zero-order valence-corrected chi connectivity index (χ0v) is 15.6. The second-order valence-corrected chi connectivity index (χ2v) is 6.70. The van der Waals surface area contributed by atoms with Crippen LogP contribution in [0.15, 0.2) is 0 Å². The van der Waals surface area contributed by atoms with Gasteiger partial charge in [-0.15, -0.1) is 0 Å². The second-order valence-electron chi connectivity index (χ2n) is 6.70. The molecule has 0 aromatic heterocycles. The monoisotopic (exact) mass is 356 g/mol. The summed E-state index contributed by atoms with van der Waals surface area (Å²) in [6.45, 7) is 7.22. The lowest BCUT2D eigenvalue weighted by Crippen LogP contribution is -2.43. The Hall–Kier alpha value is -1.47. The maximum atomic E-state index is 12.1. The van der Waals surface area contributed by atoms with Gasteiger partial charge in [0, 0.05) is 24.5 Å². The molecular weight excluding hydrogens is 324 g/mol. The van der Waals surface area contributed by atoms with E-state index in [0.717, 1.165) is 25.7 Å². The topological polar surface area (TPSA) is 93.7 Å². The zero-order valence-electron chi connectivity index (χ0n) is 15.6. The van der Waals surface area contributed by atoms with E-state index in [1.807, 2.05) is 20.8 Å². The van der Waals surface area contributed by atoms with Crippen molar-refractivity contribution in [3.05, 3.63) is 0 Å². The molecule has 0 aromatic carbocycles. The Bertz CT molecular complexity index is 431. The van der Waals surface area contributed by atoms with E-state index in [1.165, 1.54) is 0 Å². The Morgan fingerprint density at radius 2 is 1.68 bits per heavy atom. The molecule has 25 heavy (non-hydrogen) atoms. The maximum Gasteiger partial charge on any atom is 0.246 e. The predicted molar refractivity (Wildman–Crippen MR) is 94.1 cm³/mol. The van der Waals surface area contributed by atoms with Crippen molar-refractivity contribution < 1.29 is 23.9 Å². The molecule has 7 heteroatoms. The predicted octanol–water partition coefficient (Wildman–Crippen LogP) is 1.06. The first-order valence-electron chi connectivity index (χ1n) is 9.19. The number of hydrogen-bond acceptors (Lipinski definition) is 5. The minimum atomic E-state index is -0.132. The number of ether oxygens (including phenoxy) is 2. The van der Waals surface area contributed by atoms with E-state index < -0.39 is 0 Å². The van der Waals surface area contributed by atoms with Crippen molar-refractivity contribution >= 4 is 17.6 Å². The summed E-state index contributed by atoms with van der Waals surface area (Å²) in [7, 11) is 0. The molecule has 7 nitrogen and oxygen atoms in total.